The van der Waals surface area contributed by atoms with Gasteiger partial charge in [0.1, 0.15) is 0 Å². The molecule has 1 atom stereocenters. The van der Waals surface area contributed by atoms with E-state index in [4.69, 9.17) is 5.73 Å². The predicted octanol–water partition coefficient (Wildman–Crippen LogP) is 1.39. The van der Waals surface area contributed by atoms with Crippen LogP contribution < -0.4 is 5.73 Å². The van der Waals surface area contributed by atoms with Crippen molar-refractivity contribution in [3.05, 3.63) is 29.8 Å². The van der Waals surface area contributed by atoms with Crippen LogP contribution in [0, 0.1) is 0 Å². The van der Waals surface area contributed by atoms with Gasteiger partial charge in [-0.2, -0.15) is 0 Å². The number of nitrogen functional groups attached to an aromatic ring is 1. The fraction of sp³-hybridized carbons (Fsp3) is 0.571. The molecule has 0 bridgehead atoms. The number of hydrogen-bond donors (Lipinski definition) is 3. The Morgan fingerprint density at radius 1 is 1.33 bits per heavy atom. The zero-order chi connectivity index (χ0) is 13.8. The molecule has 0 amide bonds. The van der Waals surface area contributed by atoms with Crippen molar-refractivity contribution in [2.45, 2.75) is 32.5 Å². The van der Waals surface area contributed by atoms with Gasteiger partial charge in [0, 0.05) is 24.3 Å². The van der Waals surface area contributed by atoms with E-state index in [0.717, 1.165) is 12.1 Å². The topological polar surface area (TPSA) is 69.7 Å². The summed E-state index contributed by atoms with van der Waals surface area (Å²) in [6.07, 6.45) is -0.631. The summed E-state index contributed by atoms with van der Waals surface area (Å²) in [7, 11) is 0. The smallest absolute Gasteiger partial charge is 0.0936 e. The SMILES string of the molecule is CCN(CC(O)c1ccccc1N)CC(C)(C)O. The Hall–Kier alpha value is -1.10. The number of benzene rings is 1. The molecule has 0 saturated carbocycles. The number of para-hydroxylation sites is 1. The van der Waals surface area contributed by atoms with Gasteiger partial charge < -0.3 is 15.9 Å². The fourth-order valence-corrected chi connectivity index (χ4v) is 2.01. The normalized spacial score (nSPS) is 13.9. The first-order valence-corrected chi connectivity index (χ1v) is 6.30. The summed E-state index contributed by atoms with van der Waals surface area (Å²) in [5.74, 6) is 0. The minimum atomic E-state index is -0.766. The first-order chi connectivity index (χ1) is 8.33. The molecule has 0 aliphatic rings. The lowest BCUT2D eigenvalue weighted by Gasteiger charge is -2.29. The molecule has 0 aliphatic carbocycles. The average Bonchev–Trinajstić information content (AvgIpc) is 2.26. The first-order valence-electron chi connectivity index (χ1n) is 6.30. The van der Waals surface area contributed by atoms with Gasteiger partial charge in [-0.3, -0.25) is 4.90 Å². The van der Waals surface area contributed by atoms with E-state index in [1.807, 2.05) is 30.0 Å². The standard InChI is InChI=1S/C14H24N2O2/c1-4-16(10-14(2,3)18)9-13(17)11-7-5-6-8-12(11)15/h5-8,13,17-18H,4,9-10,15H2,1-3H3. The summed E-state index contributed by atoms with van der Waals surface area (Å²) < 4.78 is 0. The second kappa shape index (κ2) is 6.18. The van der Waals surface area contributed by atoms with Gasteiger partial charge in [-0.1, -0.05) is 25.1 Å². The predicted molar refractivity (Wildman–Crippen MR) is 74.2 cm³/mol. The minimum Gasteiger partial charge on any atom is -0.398 e. The van der Waals surface area contributed by atoms with Crippen molar-refractivity contribution < 1.29 is 10.2 Å². The molecule has 0 spiro atoms. The lowest BCUT2D eigenvalue weighted by molar-refractivity contribution is 0.0204. The van der Waals surface area contributed by atoms with Crippen molar-refractivity contribution in [3.8, 4) is 0 Å². The van der Waals surface area contributed by atoms with Gasteiger partial charge in [-0.15, -0.1) is 0 Å². The average molecular weight is 252 g/mol. The number of likely N-dealkylation sites (N-methyl/N-ethyl adjacent to an activating group) is 1. The van der Waals surface area contributed by atoms with Gasteiger partial charge in [0.05, 0.1) is 11.7 Å². The molecule has 0 heterocycles. The van der Waals surface area contributed by atoms with Crippen molar-refractivity contribution in [2.75, 3.05) is 25.4 Å². The van der Waals surface area contributed by atoms with E-state index in [2.05, 4.69) is 0 Å². The molecule has 0 radical (unpaired) electrons. The molecule has 4 heteroatoms. The third-order valence-electron chi connectivity index (χ3n) is 2.84. The molecule has 18 heavy (non-hydrogen) atoms. The summed E-state index contributed by atoms with van der Waals surface area (Å²) in [4.78, 5) is 2.01. The van der Waals surface area contributed by atoms with E-state index in [-0.39, 0.29) is 0 Å². The fourth-order valence-electron chi connectivity index (χ4n) is 2.01. The first kappa shape index (κ1) is 15.0. The molecule has 4 nitrogen and oxygen atoms in total. The summed E-state index contributed by atoms with van der Waals surface area (Å²) >= 11 is 0. The maximum atomic E-state index is 10.2. The summed E-state index contributed by atoms with van der Waals surface area (Å²) in [6, 6.07) is 7.32. The Morgan fingerprint density at radius 2 is 1.94 bits per heavy atom. The van der Waals surface area contributed by atoms with Crippen LogP contribution in [0.25, 0.3) is 0 Å². The zero-order valence-electron chi connectivity index (χ0n) is 11.4. The van der Waals surface area contributed by atoms with Gasteiger partial charge in [-0.25, -0.2) is 0 Å². The van der Waals surface area contributed by atoms with Crippen molar-refractivity contribution >= 4 is 5.69 Å². The molecule has 102 valence electrons. The van der Waals surface area contributed by atoms with Crippen LogP contribution in [0.15, 0.2) is 24.3 Å². The Morgan fingerprint density at radius 3 is 2.44 bits per heavy atom. The lowest BCUT2D eigenvalue weighted by atomic mass is 10.1. The van der Waals surface area contributed by atoms with Crippen molar-refractivity contribution in [1.82, 2.24) is 4.90 Å². The molecular weight excluding hydrogens is 228 g/mol. The van der Waals surface area contributed by atoms with Gasteiger partial charge in [0.2, 0.25) is 0 Å². The van der Waals surface area contributed by atoms with E-state index < -0.39 is 11.7 Å². The number of aliphatic hydroxyl groups excluding tert-OH is 1. The summed E-state index contributed by atoms with van der Waals surface area (Å²) in [5.41, 5.74) is 6.42. The molecule has 1 aromatic rings. The van der Waals surface area contributed by atoms with Crippen LogP contribution in [-0.4, -0.2) is 40.3 Å². The number of nitrogens with two attached hydrogens (primary N) is 1. The molecule has 0 aliphatic heterocycles. The van der Waals surface area contributed by atoms with E-state index in [0.29, 0.717) is 18.8 Å². The van der Waals surface area contributed by atoms with Crippen LogP contribution in [0.2, 0.25) is 0 Å². The molecule has 0 aromatic heterocycles. The van der Waals surface area contributed by atoms with E-state index in [1.54, 1.807) is 19.9 Å². The van der Waals surface area contributed by atoms with Crippen LogP contribution in [-0.2, 0) is 0 Å². The molecule has 4 N–H and O–H groups in total. The molecule has 1 aromatic carbocycles. The van der Waals surface area contributed by atoms with Crippen molar-refractivity contribution in [1.29, 1.82) is 0 Å². The third-order valence-corrected chi connectivity index (χ3v) is 2.84. The van der Waals surface area contributed by atoms with Crippen LogP contribution in [0.4, 0.5) is 5.69 Å². The Kier molecular flexibility index (Phi) is 5.14. The maximum absolute atomic E-state index is 10.2. The highest BCUT2D eigenvalue weighted by molar-refractivity contribution is 5.47. The largest absolute Gasteiger partial charge is 0.398 e. The minimum absolute atomic E-state index is 0.467. The molecule has 1 unspecified atom stereocenters. The van der Waals surface area contributed by atoms with Crippen LogP contribution in [0.3, 0.4) is 0 Å². The number of anilines is 1. The monoisotopic (exact) mass is 252 g/mol. The zero-order valence-corrected chi connectivity index (χ0v) is 11.4. The highest BCUT2D eigenvalue weighted by atomic mass is 16.3. The third kappa shape index (κ3) is 4.64. The van der Waals surface area contributed by atoms with E-state index in [1.165, 1.54) is 0 Å². The number of rotatable bonds is 6. The van der Waals surface area contributed by atoms with Gasteiger partial charge >= 0.3 is 0 Å². The van der Waals surface area contributed by atoms with E-state index >= 15 is 0 Å². The summed E-state index contributed by atoms with van der Waals surface area (Å²) in [5, 5.41) is 20.0. The highest BCUT2D eigenvalue weighted by Gasteiger charge is 2.20. The molecule has 0 fully saturated rings. The van der Waals surface area contributed by atoms with Crippen LogP contribution in [0.5, 0.6) is 0 Å². The number of aliphatic hydroxyl groups is 2. The van der Waals surface area contributed by atoms with Crippen LogP contribution in [0.1, 0.15) is 32.4 Å². The number of hydrogen-bond acceptors (Lipinski definition) is 4. The lowest BCUT2D eigenvalue weighted by Crippen LogP contribution is -2.40. The highest BCUT2D eigenvalue weighted by Crippen LogP contribution is 2.21. The Labute approximate surface area is 109 Å². The Balaban J connectivity index is 2.68. The second-order valence-corrected chi connectivity index (χ2v) is 5.28. The van der Waals surface area contributed by atoms with Crippen molar-refractivity contribution in [3.63, 3.8) is 0 Å². The Bertz CT molecular complexity index is 374. The van der Waals surface area contributed by atoms with E-state index in [9.17, 15) is 10.2 Å². The van der Waals surface area contributed by atoms with Crippen LogP contribution >= 0.6 is 0 Å². The van der Waals surface area contributed by atoms with Crippen molar-refractivity contribution in [2.24, 2.45) is 0 Å². The second-order valence-electron chi connectivity index (χ2n) is 5.28. The number of nitrogens with zero attached hydrogens (tertiary/aromatic N) is 1. The summed E-state index contributed by atoms with van der Waals surface area (Å²) in [6.45, 7) is 7.29. The molecular formula is C14H24N2O2. The van der Waals surface area contributed by atoms with Gasteiger partial charge in [-0.05, 0) is 26.5 Å². The van der Waals surface area contributed by atoms with Gasteiger partial charge in [0.25, 0.3) is 0 Å². The molecule has 1 rings (SSSR count). The molecule has 0 saturated heterocycles. The maximum Gasteiger partial charge on any atom is 0.0936 e. The van der Waals surface area contributed by atoms with Gasteiger partial charge in [0.15, 0.2) is 0 Å². The quantitative estimate of drug-likeness (QED) is 0.669.